The summed E-state index contributed by atoms with van der Waals surface area (Å²) in [5, 5.41) is 7.25. The third kappa shape index (κ3) is 2.24. The smallest absolute Gasteiger partial charge is 0.151 e. The van der Waals surface area contributed by atoms with E-state index in [1.807, 2.05) is 19.1 Å². The van der Waals surface area contributed by atoms with Crippen LogP contribution in [0.2, 0.25) is 0 Å². The standard InChI is InChI=1S/C17H20N3/c1-4-17(11-14-8-6-5-7-9-14)19-15-12(2)10-13(3)18-16(15)20-17/h5-6,8-10,19H,4,11H2,1-3H3,(H,18,20). The molecule has 0 amide bonds. The second-order valence-electron chi connectivity index (χ2n) is 5.58. The lowest BCUT2D eigenvalue weighted by Gasteiger charge is -2.29. The zero-order chi connectivity index (χ0) is 14.2. The van der Waals surface area contributed by atoms with Gasteiger partial charge in [0.15, 0.2) is 5.82 Å². The van der Waals surface area contributed by atoms with Gasteiger partial charge in [0.05, 0.1) is 5.69 Å². The van der Waals surface area contributed by atoms with Crippen LogP contribution >= 0.6 is 0 Å². The average Bonchev–Trinajstić information content (AvgIpc) is 2.79. The summed E-state index contributed by atoms with van der Waals surface area (Å²) in [7, 11) is 0. The molecule has 2 N–H and O–H groups in total. The quantitative estimate of drug-likeness (QED) is 0.889. The van der Waals surface area contributed by atoms with Gasteiger partial charge >= 0.3 is 0 Å². The van der Waals surface area contributed by atoms with Crippen LogP contribution in [0.15, 0.2) is 30.3 Å². The van der Waals surface area contributed by atoms with E-state index in [-0.39, 0.29) is 5.66 Å². The molecule has 3 nitrogen and oxygen atoms in total. The fourth-order valence-corrected chi connectivity index (χ4v) is 2.86. The third-order valence-electron chi connectivity index (χ3n) is 3.95. The normalized spacial score (nSPS) is 20.1. The van der Waals surface area contributed by atoms with Gasteiger partial charge in [-0.1, -0.05) is 31.2 Å². The highest BCUT2D eigenvalue weighted by Crippen LogP contribution is 2.38. The number of benzene rings is 1. The molecule has 3 heteroatoms. The molecule has 1 atom stereocenters. The van der Waals surface area contributed by atoms with E-state index in [9.17, 15) is 0 Å². The van der Waals surface area contributed by atoms with Crippen LogP contribution in [0.25, 0.3) is 0 Å². The van der Waals surface area contributed by atoms with Crippen LogP contribution in [-0.2, 0) is 6.42 Å². The van der Waals surface area contributed by atoms with E-state index in [1.165, 1.54) is 11.1 Å². The van der Waals surface area contributed by atoms with Crippen molar-refractivity contribution in [1.82, 2.24) is 4.98 Å². The zero-order valence-corrected chi connectivity index (χ0v) is 12.2. The molecule has 103 valence electrons. The van der Waals surface area contributed by atoms with Crippen LogP contribution in [0.1, 0.15) is 30.2 Å². The Morgan fingerprint density at radius 2 is 2.15 bits per heavy atom. The van der Waals surface area contributed by atoms with Crippen LogP contribution in [0.5, 0.6) is 0 Å². The summed E-state index contributed by atoms with van der Waals surface area (Å²) in [5.41, 5.74) is 4.56. The van der Waals surface area contributed by atoms with Crippen molar-refractivity contribution in [3.8, 4) is 0 Å². The van der Waals surface area contributed by atoms with E-state index in [1.54, 1.807) is 0 Å². The molecule has 20 heavy (non-hydrogen) atoms. The van der Waals surface area contributed by atoms with Crippen LogP contribution in [0.3, 0.4) is 0 Å². The minimum Gasteiger partial charge on any atom is -0.359 e. The highest BCUT2D eigenvalue weighted by atomic mass is 15.3. The summed E-state index contributed by atoms with van der Waals surface area (Å²) >= 11 is 0. The third-order valence-corrected chi connectivity index (χ3v) is 3.95. The van der Waals surface area contributed by atoms with Crippen molar-refractivity contribution >= 4 is 11.5 Å². The average molecular weight is 266 g/mol. The lowest BCUT2D eigenvalue weighted by molar-refractivity contribution is 0.520. The van der Waals surface area contributed by atoms with Crippen molar-refractivity contribution in [2.45, 2.75) is 39.3 Å². The number of aromatic nitrogens is 1. The predicted molar refractivity (Wildman–Crippen MR) is 83.0 cm³/mol. The highest BCUT2D eigenvalue weighted by Gasteiger charge is 2.36. The summed E-state index contributed by atoms with van der Waals surface area (Å²) in [6, 6.07) is 13.4. The topological polar surface area (TPSA) is 37.0 Å². The molecule has 1 aromatic heterocycles. The van der Waals surface area contributed by atoms with Crippen molar-refractivity contribution in [1.29, 1.82) is 0 Å². The lowest BCUT2D eigenvalue weighted by atomic mass is 9.97. The Labute approximate surface area is 120 Å². The molecule has 1 aliphatic rings. The van der Waals surface area contributed by atoms with Gasteiger partial charge < -0.3 is 10.6 Å². The van der Waals surface area contributed by atoms with Gasteiger partial charge in [0.25, 0.3) is 0 Å². The van der Waals surface area contributed by atoms with E-state index >= 15 is 0 Å². The van der Waals surface area contributed by atoms with Crippen LogP contribution in [0, 0.1) is 19.9 Å². The summed E-state index contributed by atoms with van der Waals surface area (Å²) in [6.45, 7) is 6.36. The summed E-state index contributed by atoms with van der Waals surface area (Å²) in [6.07, 6.45) is 1.90. The number of nitrogens with one attached hydrogen (secondary N) is 2. The molecule has 0 bridgehead atoms. The van der Waals surface area contributed by atoms with Gasteiger partial charge in [0, 0.05) is 12.1 Å². The van der Waals surface area contributed by atoms with E-state index in [4.69, 9.17) is 0 Å². The molecule has 1 radical (unpaired) electrons. The maximum atomic E-state index is 4.62. The maximum Gasteiger partial charge on any atom is 0.151 e. The predicted octanol–water partition coefficient (Wildman–Crippen LogP) is 3.69. The Balaban J connectivity index is 1.92. The van der Waals surface area contributed by atoms with Crippen LogP contribution in [0.4, 0.5) is 11.5 Å². The minimum atomic E-state index is -0.150. The Hall–Kier alpha value is -2.03. The Morgan fingerprint density at radius 3 is 2.85 bits per heavy atom. The van der Waals surface area contributed by atoms with Gasteiger partial charge in [-0.2, -0.15) is 0 Å². The maximum absolute atomic E-state index is 4.62. The van der Waals surface area contributed by atoms with Gasteiger partial charge in [0.2, 0.25) is 0 Å². The fourth-order valence-electron chi connectivity index (χ4n) is 2.86. The van der Waals surface area contributed by atoms with E-state index in [0.717, 1.165) is 30.0 Å². The van der Waals surface area contributed by atoms with Gasteiger partial charge in [-0.25, -0.2) is 4.98 Å². The first-order valence-electron chi connectivity index (χ1n) is 7.11. The molecular weight excluding hydrogens is 246 g/mol. The number of fused-ring (bicyclic) bond motifs is 1. The molecule has 0 fully saturated rings. The molecular formula is C17H20N3. The first kappa shape index (κ1) is 13.0. The number of pyridine rings is 1. The Kier molecular flexibility index (Phi) is 3.13. The molecule has 0 spiro atoms. The Morgan fingerprint density at radius 1 is 1.30 bits per heavy atom. The number of nitrogens with zero attached hydrogens (tertiary/aromatic N) is 1. The van der Waals surface area contributed by atoms with Gasteiger partial charge in [-0.05, 0) is 43.5 Å². The van der Waals surface area contributed by atoms with Crippen LogP contribution in [-0.4, -0.2) is 10.6 Å². The van der Waals surface area contributed by atoms with Crippen molar-refractivity contribution in [2.24, 2.45) is 0 Å². The lowest BCUT2D eigenvalue weighted by Crippen LogP contribution is -2.43. The molecule has 1 unspecified atom stereocenters. The number of aryl methyl sites for hydroxylation is 2. The summed E-state index contributed by atoms with van der Waals surface area (Å²) < 4.78 is 0. The number of anilines is 2. The summed E-state index contributed by atoms with van der Waals surface area (Å²) in [4.78, 5) is 4.62. The molecule has 2 aromatic rings. The molecule has 0 saturated carbocycles. The molecule has 2 heterocycles. The van der Waals surface area contributed by atoms with Crippen molar-refractivity contribution < 1.29 is 0 Å². The largest absolute Gasteiger partial charge is 0.359 e. The molecule has 3 rings (SSSR count). The monoisotopic (exact) mass is 266 g/mol. The molecule has 1 aromatic carbocycles. The highest BCUT2D eigenvalue weighted by molar-refractivity contribution is 5.76. The van der Waals surface area contributed by atoms with Crippen molar-refractivity contribution in [2.75, 3.05) is 10.6 Å². The van der Waals surface area contributed by atoms with Gasteiger partial charge in [-0.3, -0.25) is 0 Å². The molecule has 0 saturated heterocycles. The Bertz CT molecular complexity index is 622. The van der Waals surface area contributed by atoms with E-state index in [2.05, 4.69) is 53.7 Å². The molecule has 0 aliphatic carbocycles. The SMILES string of the molecule is CCC1(Cc2c[c]ccc2)Nc2nc(C)cc(C)c2N1. The number of hydrogen-bond acceptors (Lipinski definition) is 3. The minimum absolute atomic E-state index is 0.150. The summed E-state index contributed by atoms with van der Waals surface area (Å²) in [5.74, 6) is 0.976. The first-order chi connectivity index (χ1) is 9.62. The van der Waals surface area contributed by atoms with E-state index in [0.29, 0.717) is 0 Å². The second kappa shape index (κ2) is 4.82. The number of rotatable bonds is 3. The molecule has 1 aliphatic heterocycles. The van der Waals surface area contributed by atoms with Gasteiger partial charge in [-0.15, -0.1) is 0 Å². The first-order valence-corrected chi connectivity index (χ1v) is 7.11. The fraction of sp³-hybridized carbons (Fsp3) is 0.353. The number of hydrogen-bond donors (Lipinski definition) is 2. The van der Waals surface area contributed by atoms with Crippen molar-refractivity contribution in [3.05, 3.63) is 53.2 Å². The zero-order valence-electron chi connectivity index (χ0n) is 12.2. The second-order valence-corrected chi connectivity index (χ2v) is 5.58. The van der Waals surface area contributed by atoms with Crippen molar-refractivity contribution in [3.63, 3.8) is 0 Å². The van der Waals surface area contributed by atoms with Gasteiger partial charge in [0.1, 0.15) is 5.66 Å². The van der Waals surface area contributed by atoms with E-state index < -0.39 is 0 Å². The van der Waals surface area contributed by atoms with Crippen LogP contribution < -0.4 is 10.6 Å².